The number of carbonyl (C=O) groups is 1. The molecule has 1 aliphatic rings. The Labute approximate surface area is 154 Å². The molecule has 1 aliphatic heterocycles. The van der Waals surface area contributed by atoms with Crippen molar-refractivity contribution in [2.45, 2.75) is 26.1 Å². The number of nitrogens with zero attached hydrogens (tertiary/aromatic N) is 2. The maximum Gasteiger partial charge on any atom is 0.257 e. The highest BCUT2D eigenvalue weighted by atomic mass is 35.5. The first-order chi connectivity index (χ1) is 10.6. The first-order valence-corrected chi connectivity index (χ1v) is 7.47. The van der Waals surface area contributed by atoms with Crippen molar-refractivity contribution < 1.29 is 9.21 Å². The summed E-state index contributed by atoms with van der Waals surface area (Å²) in [4.78, 5) is 16.9. The highest BCUT2D eigenvalue weighted by Crippen LogP contribution is 2.27. The van der Waals surface area contributed by atoms with Gasteiger partial charge in [0.25, 0.3) is 5.91 Å². The van der Waals surface area contributed by atoms with Crippen molar-refractivity contribution in [3.8, 4) is 0 Å². The SMILES string of the molecule is CC1CN(C)c2ccccc2CN1C(=O)c1coc(CN)c1.Cl.Cl. The molecule has 1 atom stereocenters. The summed E-state index contributed by atoms with van der Waals surface area (Å²) < 4.78 is 5.30. The van der Waals surface area contributed by atoms with Crippen LogP contribution in [-0.2, 0) is 13.1 Å². The van der Waals surface area contributed by atoms with Crippen LogP contribution in [0.3, 0.4) is 0 Å². The molecule has 1 amide bonds. The van der Waals surface area contributed by atoms with E-state index in [9.17, 15) is 4.79 Å². The predicted octanol–water partition coefficient (Wildman–Crippen LogP) is 3.06. The van der Waals surface area contributed by atoms with Crippen LogP contribution in [0.2, 0.25) is 0 Å². The fourth-order valence-electron chi connectivity index (χ4n) is 2.99. The summed E-state index contributed by atoms with van der Waals surface area (Å²) in [5.41, 5.74) is 8.45. The average Bonchev–Trinajstić information content (AvgIpc) is 2.96. The minimum Gasteiger partial charge on any atom is -0.467 e. The molecule has 0 saturated carbocycles. The van der Waals surface area contributed by atoms with Gasteiger partial charge in [-0.25, -0.2) is 0 Å². The summed E-state index contributed by atoms with van der Waals surface area (Å²) >= 11 is 0. The van der Waals surface area contributed by atoms with Crippen LogP contribution in [0, 0.1) is 0 Å². The maximum atomic E-state index is 12.8. The van der Waals surface area contributed by atoms with E-state index < -0.39 is 0 Å². The number of furan rings is 1. The molecule has 0 spiro atoms. The van der Waals surface area contributed by atoms with Gasteiger partial charge in [0, 0.05) is 31.9 Å². The van der Waals surface area contributed by atoms with E-state index in [0.717, 1.165) is 12.1 Å². The molecule has 2 heterocycles. The Kier molecular flexibility index (Phi) is 7.14. The van der Waals surface area contributed by atoms with Gasteiger partial charge in [-0.1, -0.05) is 18.2 Å². The number of anilines is 1. The smallest absolute Gasteiger partial charge is 0.257 e. The molecule has 5 nitrogen and oxygen atoms in total. The predicted molar refractivity (Wildman–Crippen MR) is 100 cm³/mol. The van der Waals surface area contributed by atoms with Crippen LogP contribution < -0.4 is 10.6 Å². The van der Waals surface area contributed by atoms with Gasteiger partial charge in [0.1, 0.15) is 12.0 Å². The quantitative estimate of drug-likeness (QED) is 0.880. The first kappa shape index (κ1) is 20.4. The fraction of sp³-hybridized carbons (Fsp3) is 0.353. The van der Waals surface area contributed by atoms with Crippen molar-refractivity contribution in [3.05, 3.63) is 53.5 Å². The Morgan fingerprint density at radius 1 is 1.33 bits per heavy atom. The van der Waals surface area contributed by atoms with E-state index in [1.54, 1.807) is 6.07 Å². The van der Waals surface area contributed by atoms with Crippen LogP contribution in [0.4, 0.5) is 5.69 Å². The van der Waals surface area contributed by atoms with Crippen molar-refractivity contribution in [2.24, 2.45) is 5.73 Å². The lowest BCUT2D eigenvalue weighted by molar-refractivity contribution is 0.0686. The molecule has 1 unspecified atom stereocenters. The molecular weight excluding hydrogens is 349 g/mol. The molecule has 0 bridgehead atoms. The molecule has 7 heteroatoms. The summed E-state index contributed by atoms with van der Waals surface area (Å²) in [5, 5.41) is 0. The zero-order valence-corrected chi connectivity index (χ0v) is 15.4. The number of amides is 1. The molecule has 132 valence electrons. The molecule has 24 heavy (non-hydrogen) atoms. The highest BCUT2D eigenvalue weighted by molar-refractivity contribution is 5.94. The number of likely N-dealkylation sites (N-methyl/N-ethyl adjacent to an activating group) is 1. The van der Waals surface area contributed by atoms with Crippen LogP contribution in [0.1, 0.15) is 28.6 Å². The lowest BCUT2D eigenvalue weighted by Gasteiger charge is -2.28. The van der Waals surface area contributed by atoms with Gasteiger partial charge in [-0.2, -0.15) is 0 Å². The highest BCUT2D eigenvalue weighted by Gasteiger charge is 2.28. The van der Waals surface area contributed by atoms with Crippen LogP contribution >= 0.6 is 24.8 Å². The van der Waals surface area contributed by atoms with Gasteiger partial charge >= 0.3 is 0 Å². The molecule has 1 aromatic carbocycles. The summed E-state index contributed by atoms with van der Waals surface area (Å²) in [6, 6.07) is 10.1. The van der Waals surface area contributed by atoms with E-state index in [-0.39, 0.29) is 36.8 Å². The number of benzene rings is 1. The topological polar surface area (TPSA) is 62.7 Å². The van der Waals surface area contributed by atoms with E-state index in [4.69, 9.17) is 10.2 Å². The van der Waals surface area contributed by atoms with Crippen molar-refractivity contribution >= 4 is 36.4 Å². The maximum absolute atomic E-state index is 12.8. The normalized spacial score (nSPS) is 16.5. The minimum atomic E-state index is -0.0129. The zero-order chi connectivity index (χ0) is 15.7. The number of nitrogens with two attached hydrogens (primary N) is 1. The van der Waals surface area contributed by atoms with Crippen molar-refractivity contribution in [2.75, 3.05) is 18.5 Å². The minimum absolute atomic E-state index is 0. The van der Waals surface area contributed by atoms with Crippen molar-refractivity contribution in [1.29, 1.82) is 0 Å². The number of hydrogen-bond acceptors (Lipinski definition) is 4. The molecule has 3 rings (SSSR count). The number of halogens is 2. The number of rotatable bonds is 2. The van der Waals surface area contributed by atoms with E-state index in [0.29, 0.717) is 24.4 Å². The fourth-order valence-corrected chi connectivity index (χ4v) is 2.99. The van der Waals surface area contributed by atoms with Crippen LogP contribution in [0.15, 0.2) is 41.0 Å². The summed E-state index contributed by atoms with van der Waals surface area (Å²) in [6.07, 6.45) is 1.50. The van der Waals surface area contributed by atoms with E-state index in [1.165, 1.54) is 12.0 Å². The van der Waals surface area contributed by atoms with Gasteiger partial charge in [-0.05, 0) is 24.6 Å². The molecule has 0 saturated heterocycles. The first-order valence-electron chi connectivity index (χ1n) is 7.47. The number of para-hydroxylation sites is 1. The molecule has 0 aliphatic carbocycles. The average molecular weight is 372 g/mol. The van der Waals surface area contributed by atoms with Gasteiger partial charge in [0.15, 0.2) is 0 Å². The number of hydrogen-bond donors (Lipinski definition) is 1. The molecule has 0 radical (unpaired) electrons. The third-order valence-electron chi connectivity index (χ3n) is 4.18. The van der Waals surface area contributed by atoms with Gasteiger partial charge in [0.2, 0.25) is 0 Å². The Morgan fingerprint density at radius 3 is 2.71 bits per heavy atom. The van der Waals surface area contributed by atoms with Crippen LogP contribution in [0.25, 0.3) is 0 Å². The van der Waals surface area contributed by atoms with Crippen LogP contribution in [0.5, 0.6) is 0 Å². The Morgan fingerprint density at radius 2 is 2.04 bits per heavy atom. The second-order valence-corrected chi connectivity index (χ2v) is 5.80. The van der Waals surface area contributed by atoms with Gasteiger partial charge in [-0.3, -0.25) is 4.79 Å². The number of carbonyl (C=O) groups excluding carboxylic acids is 1. The third-order valence-corrected chi connectivity index (χ3v) is 4.18. The molecular formula is C17H23Cl2N3O2. The third kappa shape index (κ3) is 3.86. The monoisotopic (exact) mass is 371 g/mol. The van der Waals surface area contributed by atoms with Gasteiger partial charge < -0.3 is 20.0 Å². The van der Waals surface area contributed by atoms with Gasteiger partial charge in [0.05, 0.1) is 12.1 Å². The Bertz CT molecular complexity index is 690. The summed E-state index contributed by atoms with van der Waals surface area (Å²) in [7, 11) is 2.06. The van der Waals surface area contributed by atoms with Crippen molar-refractivity contribution in [1.82, 2.24) is 4.90 Å². The second-order valence-electron chi connectivity index (χ2n) is 5.80. The lowest BCUT2D eigenvalue weighted by Crippen LogP contribution is -2.41. The molecule has 1 aromatic heterocycles. The molecule has 2 N–H and O–H groups in total. The van der Waals surface area contributed by atoms with Crippen molar-refractivity contribution in [3.63, 3.8) is 0 Å². The molecule has 0 fully saturated rings. The largest absolute Gasteiger partial charge is 0.467 e. The standard InChI is InChI=1S/C17H21N3O2.2ClH/c1-12-9-19(2)16-6-4-3-5-13(16)10-20(12)17(21)14-7-15(8-18)22-11-14;;/h3-7,11-12H,8-10,18H2,1-2H3;2*1H. The summed E-state index contributed by atoms with van der Waals surface area (Å²) in [5.74, 6) is 0.615. The van der Waals surface area contributed by atoms with E-state index >= 15 is 0 Å². The lowest BCUT2D eigenvalue weighted by atomic mass is 10.1. The van der Waals surface area contributed by atoms with E-state index in [2.05, 4.69) is 31.0 Å². The Balaban J connectivity index is 0.00000144. The Hall–Kier alpha value is -1.69. The van der Waals surface area contributed by atoms with Gasteiger partial charge in [-0.15, -0.1) is 24.8 Å². The summed E-state index contributed by atoms with van der Waals surface area (Å²) in [6.45, 7) is 3.77. The zero-order valence-electron chi connectivity index (χ0n) is 13.8. The second kappa shape index (κ2) is 8.42. The number of fused-ring (bicyclic) bond motifs is 1. The molecule has 2 aromatic rings. The van der Waals surface area contributed by atoms with Crippen LogP contribution in [-0.4, -0.2) is 30.4 Å². The van der Waals surface area contributed by atoms with E-state index in [1.807, 2.05) is 17.0 Å².